The fourth-order valence-corrected chi connectivity index (χ4v) is 4.62. The van der Waals surface area contributed by atoms with E-state index in [1.807, 2.05) is 12.1 Å². The molecule has 1 saturated heterocycles. The van der Waals surface area contributed by atoms with E-state index < -0.39 is 29.0 Å². The number of imide groups is 1. The van der Waals surface area contributed by atoms with Gasteiger partial charge in [-0.25, -0.2) is 9.59 Å². The molecule has 2 aromatic carbocycles. The molecule has 0 radical (unpaired) electrons. The molecule has 5 rings (SSSR count). The van der Waals surface area contributed by atoms with Crippen LogP contribution in [0.25, 0.3) is 11.0 Å². The summed E-state index contributed by atoms with van der Waals surface area (Å²) in [6.07, 6.45) is 2.93. The lowest BCUT2D eigenvalue weighted by molar-refractivity contribution is -0.131. The Morgan fingerprint density at radius 1 is 1.12 bits per heavy atom. The van der Waals surface area contributed by atoms with Crippen molar-refractivity contribution in [3.05, 3.63) is 80.7 Å². The summed E-state index contributed by atoms with van der Waals surface area (Å²) in [5.41, 5.74) is 7.51. The number of aryl methyl sites for hydroxylation is 2. The quantitative estimate of drug-likeness (QED) is 0.485. The zero-order valence-corrected chi connectivity index (χ0v) is 17.4. The first-order valence-electron chi connectivity index (χ1n) is 10.4. The van der Waals surface area contributed by atoms with Gasteiger partial charge in [-0.3, -0.25) is 14.5 Å². The maximum Gasteiger partial charge on any atom is 0.336 e. The Bertz CT molecular complexity index is 1380. The molecule has 1 aromatic heterocycles. The van der Waals surface area contributed by atoms with Crippen molar-refractivity contribution in [2.45, 2.75) is 38.3 Å². The van der Waals surface area contributed by atoms with Crippen LogP contribution in [0.5, 0.6) is 0 Å². The van der Waals surface area contributed by atoms with Gasteiger partial charge in [-0.2, -0.15) is 0 Å². The Morgan fingerprint density at radius 2 is 1.88 bits per heavy atom. The van der Waals surface area contributed by atoms with Crippen molar-refractivity contribution in [1.82, 2.24) is 10.2 Å². The molecule has 162 valence electrons. The van der Waals surface area contributed by atoms with Gasteiger partial charge in [0, 0.05) is 17.0 Å². The fourth-order valence-electron chi connectivity index (χ4n) is 4.62. The summed E-state index contributed by atoms with van der Waals surface area (Å²) in [5.74, 6) is -1.11. The Hall–Kier alpha value is -3.94. The summed E-state index contributed by atoms with van der Waals surface area (Å²) in [6.45, 7) is 1.51. The van der Waals surface area contributed by atoms with Crippen LogP contribution >= 0.6 is 0 Å². The van der Waals surface area contributed by atoms with Gasteiger partial charge in [-0.1, -0.05) is 12.1 Å². The number of fused-ring (bicyclic) bond motifs is 2. The van der Waals surface area contributed by atoms with E-state index in [0.29, 0.717) is 16.7 Å². The molecule has 3 aromatic rings. The molecule has 0 saturated carbocycles. The van der Waals surface area contributed by atoms with E-state index in [-0.39, 0.29) is 12.1 Å². The minimum Gasteiger partial charge on any atom is -0.423 e. The van der Waals surface area contributed by atoms with Crippen LogP contribution in [0.4, 0.5) is 4.79 Å². The molecule has 1 unspecified atom stereocenters. The second-order valence-electron chi connectivity index (χ2n) is 8.45. The number of hydrogen-bond donors (Lipinski definition) is 2. The van der Waals surface area contributed by atoms with Crippen LogP contribution in [0.2, 0.25) is 0 Å². The van der Waals surface area contributed by atoms with Crippen LogP contribution in [0.3, 0.4) is 0 Å². The molecule has 0 spiro atoms. The van der Waals surface area contributed by atoms with E-state index in [4.69, 9.17) is 10.2 Å². The molecule has 1 aliphatic heterocycles. The van der Waals surface area contributed by atoms with E-state index in [2.05, 4.69) is 5.32 Å². The van der Waals surface area contributed by atoms with E-state index in [0.717, 1.165) is 35.1 Å². The highest BCUT2D eigenvalue weighted by Crippen LogP contribution is 2.33. The van der Waals surface area contributed by atoms with Gasteiger partial charge in [-0.05, 0) is 72.7 Å². The molecule has 3 N–H and O–H groups in total. The van der Waals surface area contributed by atoms with Crippen LogP contribution in [-0.2, 0) is 29.7 Å². The average molecular weight is 431 g/mol. The zero-order chi connectivity index (χ0) is 22.6. The third kappa shape index (κ3) is 3.07. The molecule has 0 bridgehead atoms. The van der Waals surface area contributed by atoms with Crippen LogP contribution in [-0.4, -0.2) is 22.7 Å². The monoisotopic (exact) mass is 431 g/mol. The van der Waals surface area contributed by atoms with E-state index in [9.17, 15) is 19.2 Å². The Morgan fingerprint density at radius 3 is 2.62 bits per heavy atom. The van der Waals surface area contributed by atoms with Gasteiger partial charge < -0.3 is 15.5 Å². The number of benzene rings is 2. The highest BCUT2D eigenvalue weighted by molar-refractivity contribution is 6.07. The van der Waals surface area contributed by atoms with Crippen LogP contribution < -0.4 is 16.7 Å². The summed E-state index contributed by atoms with van der Waals surface area (Å²) in [4.78, 5) is 51.0. The minimum atomic E-state index is -1.36. The average Bonchev–Trinajstić information content (AvgIpc) is 3.30. The highest BCUT2D eigenvalue weighted by atomic mass is 16.4. The molecule has 2 heterocycles. The van der Waals surface area contributed by atoms with Gasteiger partial charge in [0.2, 0.25) is 5.91 Å². The maximum absolute atomic E-state index is 13.4. The number of hydrogen-bond acceptors (Lipinski definition) is 5. The summed E-state index contributed by atoms with van der Waals surface area (Å²) in [7, 11) is 0. The lowest BCUT2D eigenvalue weighted by Crippen LogP contribution is -2.41. The van der Waals surface area contributed by atoms with Crippen molar-refractivity contribution in [2.24, 2.45) is 5.73 Å². The number of primary amides is 1. The molecule has 32 heavy (non-hydrogen) atoms. The highest BCUT2D eigenvalue weighted by Gasteiger charge is 2.49. The zero-order valence-electron chi connectivity index (χ0n) is 17.4. The van der Waals surface area contributed by atoms with Gasteiger partial charge in [-0.15, -0.1) is 0 Å². The van der Waals surface area contributed by atoms with Crippen molar-refractivity contribution >= 4 is 28.8 Å². The van der Waals surface area contributed by atoms with Crippen molar-refractivity contribution in [2.75, 3.05) is 0 Å². The summed E-state index contributed by atoms with van der Waals surface area (Å²) in [5, 5.41) is 3.44. The predicted octanol–water partition coefficient (Wildman–Crippen LogP) is 2.35. The van der Waals surface area contributed by atoms with E-state index >= 15 is 0 Å². The Balaban J connectivity index is 1.53. The van der Waals surface area contributed by atoms with E-state index in [1.165, 1.54) is 17.7 Å². The predicted molar refractivity (Wildman–Crippen MR) is 116 cm³/mol. The van der Waals surface area contributed by atoms with Crippen molar-refractivity contribution in [3.8, 4) is 0 Å². The van der Waals surface area contributed by atoms with Crippen LogP contribution in [0.1, 0.15) is 46.0 Å². The van der Waals surface area contributed by atoms with Crippen molar-refractivity contribution in [1.29, 1.82) is 0 Å². The first-order valence-corrected chi connectivity index (χ1v) is 10.4. The number of carbonyl (C=O) groups excluding carboxylic acids is 3. The van der Waals surface area contributed by atoms with E-state index in [1.54, 1.807) is 25.1 Å². The molecule has 8 heteroatoms. The van der Waals surface area contributed by atoms with Gasteiger partial charge in [0.05, 0.1) is 6.54 Å². The number of rotatable bonds is 4. The molecule has 1 fully saturated rings. The topological polar surface area (TPSA) is 123 Å². The normalized spacial score (nSPS) is 20.0. The number of carbonyl (C=O) groups is 3. The molecule has 1 atom stereocenters. The first-order chi connectivity index (χ1) is 15.3. The van der Waals surface area contributed by atoms with Gasteiger partial charge in [0.15, 0.2) is 0 Å². The largest absolute Gasteiger partial charge is 0.423 e. The molecule has 1 aliphatic carbocycles. The maximum atomic E-state index is 13.4. The van der Waals surface area contributed by atoms with Gasteiger partial charge >= 0.3 is 11.7 Å². The Kier molecular flexibility index (Phi) is 4.40. The Labute approximate surface area is 183 Å². The standard InChI is InChI=1S/C24H21N3O5/c1-24(17-7-3-6-15(8-17)21(25)29)22(30)27(23(31)26-24)12-16-11-20(28)32-19-10-14-5-2-4-13(14)9-18(16)19/h3,6-11H,2,4-5,12H2,1H3,(H2,25,29)(H,26,31). The number of urea groups is 1. The number of amides is 4. The van der Waals surface area contributed by atoms with Crippen LogP contribution in [0.15, 0.2) is 51.7 Å². The number of nitrogens with two attached hydrogens (primary N) is 1. The first kappa shape index (κ1) is 20.0. The number of nitrogens with zero attached hydrogens (tertiary/aromatic N) is 1. The summed E-state index contributed by atoms with van der Waals surface area (Å²) < 4.78 is 5.39. The molecule has 2 aliphatic rings. The van der Waals surface area contributed by atoms with Crippen LogP contribution in [0, 0.1) is 0 Å². The summed E-state index contributed by atoms with van der Waals surface area (Å²) in [6, 6.07) is 10.9. The fraction of sp³-hybridized carbons (Fsp3) is 0.250. The number of nitrogens with one attached hydrogen (secondary N) is 1. The molecular formula is C24H21N3O5. The van der Waals surface area contributed by atoms with Gasteiger partial charge in [0.25, 0.3) is 5.91 Å². The molecule has 4 amide bonds. The third-order valence-corrected chi connectivity index (χ3v) is 6.37. The second-order valence-corrected chi connectivity index (χ2v) is 8.45. The lowest BCUT2D eigenvalue weighted by Gasteiger charge is -2.23. The second kappa shape index (κ2) is 7.05. The SMILES string of the molecule is CC1(c2cccc(C(N)=O)c2)NC(=O)N(Cc2cc(=O)oc3cc4c(cc23)CCC4)C1=O. The molecular weight excluding hydrogens is 410 g/mol. The minimum absolute atomic E-state index is 0.0728. The van der Waals surface area contributed by atoms with Crippen molar-refractivity contribution in [3.63, 3.8) is 0 Å². The smallest absolute Gasteiger partial charge is 0.336 e. The summed E-state index contributed by atoms with van der Waals surface area (Å²) >= 11 is 0. The molecule has 8 nitrogen and oxygen atoms in total. The van der Waals surface area contributed by atoms with Crippen molar-refractivity contribution < 1.29 is 18.8 Å². The lowest BCUT2D eigenvalue weighted by atomic mass is 9.90. The third-order valence-electron chi connectivity index (χ3n) is 6.37. The van der Waals surface area contributed by atoms with Gasteiger partial charge in [0.1, 0.15) is 11.1 Å².